The van der Waals surface area contributed by atoms with Gasteiger partial charge in [0.1, 0.15) is 12.4 Å². The second-order valence-electron chi connectivity index (χ2n) is 6.62. The zero-order valence-corrected chi connectivity index (χ0v) is 18.2. The SMILES string of the molecule is C#CCN1C(=O)S/C(=C/c2cc(Br)ccc2OCc2ccc3ccccc3c2)C1=O. The second-order valence-corrected chi connectivity index (χ2v) is 8.53. The first-order chi connectivity index (χ1) is 14.5. The van der Waals surface area contributed by atoms with Gasteiger partial charge in [-0.3, -0.25) is 14.5 Å². The monoisotopic (exact) mass is 477 g/mol. The number of ether oxygens (including phenoxy) is 1. The number of hydrogen-bond donors (Lipinski definition) is 0. The summed E-state index contributed by atoms with van der Waals surface area (Å²) in [5, 5.41) is 1.96. The van der Waals surface area contributed by atoms with E-state index in [1.54, 1.807) is 6.08 Å². The van der Waals surface area contributed by atoms with E-state index in [1.807, 2.05) is 36.4 Å². The fourth-order valence-corrected chi connectivity index (χ4v) is 4.33. The first kappa shape index (κ1) is 20.3. The maximum atomic E-state index is 12.5. The molecule has 0 N–H and O–H groups in total. The van der Waals surface area contributed by atoms with Crippen LogP contribution in [0.25, 0.3) is 16.8 Å². The van der Waals surface area contributed by atoms with Crippen LogP contribution < -0.4 is 4.74 Å². The molecule has 0 spiro atoms. The van der Waals surface area contributed by atoms with Crippen molar-refractivity contribution in [3.05, 3.63) is 81.2 Å². The van der Waals surface area contributed by atoms with Crippen LogP contribution in [0.3, 0.4) is 0 Å². The lowest BCUT2D eigenvalue weighted by atomic mass is 10.1. The van der Waals surface area contributed by atoms with Gasteiger partial charge in [-0.05, 0) is 58.4 Å². The number of rotatable bonds is 5. The molecule has 0 aliphatic carbocycles. The molecule has 0 unspecified atom stereocenters. The molecule has 1 fully saturated rings. The average Bonchev–Trinajstić information content (AvgIpc) is 3.01. The first-order valence-corrected chi connectivity index (χ1v) is 10.7. The van der Waals surface area contributed by atoms with Gasteiger partial charge in [-0.25, -0.2) is 0 Å². The maximum absolute atomic E-state index is 12.5. The van der Waals surface area contributed by atoms with E-state index in [9.17, 15) is 9.59 Å². The Bertz CT molecular complexity index is 1230. The third-order valence-corrected chi connectivity index (χ3v) is 5.99. The molecule has 0 saturated carbocycles. The predicted octanol–water partition coefficient (Wildman–Crippen LogP) is 5.85. The molecule has 30 heavy (non-hydrogen) atoms. The van der Waals surface area contributed by atoms with Gasteiger partial charge < -0.3 is 4.74 Å². The summed E-state index contributed by atoms with van der Waals surface area (Å²) in [6.07, 6.45) is 6.92. The number of imide groups is 1. The third kappa shape index (κ3) is 4.28. The molecule has 2 amide bonds. The molecule has 1 saturated heterocycles. The lowest BCUT2D eigenvalue weighted by Gasteiger charge is -2.11. The Morgan fingerprint density at radius 2 is 1.87 bits per heavy atom. The van der Waals surface area contributed by atoms with Crippen LogP contribution in [-0.4, -0.2) is 22.6 Å². The van der Waals surface area contributed by atoms with Crippen LogP contribution >= 0.6 is 27.7 Å². The molecule has 148 valence electrons. The van der Waals surface area contributed by atoms with Gasteiger partial charge in [-0.1, -0.05) is 58.2 Å². The minimum atomic E-state index is -0.386. The van der Waals surface area contributed by atoms with E-state index in [0.29, 0.717) is 22.8 Å². The van der Waals surface area contributed by atoms with Crippen molar-refractivity contribution in [1.82, 2.24) is 4.90 Å². The highest BCUT2D eigenvalue weighted by atomic mass is 79.9. The molecular weight excluding hydrogens is 462 g/mol. The van der Waals surface area contributed by atoms with E-state index in [4.69, 9.17) is 11.2 Å². The van der Waals surface area contributed by atoms with Gasteiger partial charge in [0.05, 0.1) is 11.4 Å². The number of hydrogen-bond acceptors (Lipinski definition) is 4. The molecule has 1 aliphatic rings. The van der Waals surface area contributed by atoms with E-state index in [0.717, 1.165) is 32.1 Å². The highest BCUT2D eigenvalue weighted by molar-refractivity contribution is 9.10. The lowest BCUT2D eigenvalue weighted by molar-refractivity contribution is -0.122. The van der Waals surface area contributed by atoms with Crippen molar-refractivity contribution in [2.45, 2.75) is 6.61 Å². The van der Waals surface area contributed by atoms with Crippen LogP contribution in [0, 0.1) is 12.3 Å². The molecule has 4 nitrogen and oxygen atoms in total. The summed E-state index contributed by atoms with van der Waals surface area (Å²) in [6.45, 7) is 0.345. The highest BCUT2D eigenvalue weighted by Crippen LogP contribution is 2.35. The van der Waals surface area contributed by atoms with Crippen molar-refractivity contribution in [1.29, 1.82) is 0 Å². The highest BCUT2D eigenvalue weighted by Gasteiger charge is 2.34. The van der Waals surface area contributed by atoms with Gasteiger partial charge in [-0.15, -0.1) is 6.42 Å². The Balaban J connectivity index is 1.58. The molecule has 1 heterocycles. The molecule has 3 aromatic rings. The molecule has 0 bridgehead atoms. The van der Waals surface area contributed by atoms with Crippen LogP contribution in [-0.2, 0) is 11.4 Å². The van der Waals surface area contributed by atoms with E-state index >= 15 is 0 Å². The number of halogens is 1. The first-order valence-electron chi connectivity index (χ1n) is 9.14. The van der Waals surface area contributed by atoms with Gasteiger partial charge >= 0.3 is 0 Å². The largest absolute Gasteiger partial charge is 0.488 e. The molecule has 0 aromatic heterocycles. The number of carbonyl (C=O) groups is 2. The smallest absolute Gasteiger partial charge is 0.294 e. The minimum absolute atomic E-state index is 0.0359. The molecule has 4 rings (SSSR count). The summed E-state index contributed by atoms with van der Waals surface area (Å²) in [4.78, 5) is 25.9. The summed E-state index contributed by atoms with van der Waals surface area (Å²) < 4.78 is 6.90. The predicted molar refractivity (Wildman–Crippen MR) is 124 cm³/mol. The van der Waals surface area contributed by atoms with Gasteiger partial charge in [0, 0.05) is 10.0 Å². The topological polar surface area (TPSA) is 46.6 Å². The van der Waals surface area contributed by atoms with Gasteiger partial charge in [0.25, 0.3) is 11.1 Å². The van der Waals surface area contributed by atoms with Crippen LogP contribution in [0.2, 0.25) is 0 Å². The van der Waals surface area contributed by atoms with Crippen molar-refractivity contribution in [2.75, 3.05) is 6.54 Å². The summed E-state index contributed by atoms with van der Waals surface area (Å²) in [6, 6.07) is 19.9. The Hall–Kier alpha value is -3.01. The number of terminal acetylenes is 1. The lowest BCUT2D eigenvalue weighted by Crippen LogP contribution is -2.28. The standard InChI is InChI=1S/C24H16BrNO3S/c1-2-11-26-23(27)22(30-24(26)28)14-19-13-20(25)9-10-21(19)29-15-16-7-8-17-5-3-4-6-18(17)12-16/h1,3-10,12-14H,11,15H2/b22-14+. The summed E-state index contributed by atoms with van der Waals surface area (Å²) >= 11 is 4.33. The fraction of sp³-hybridized carbons (Fsp3) is 0.0833. The third-order valence-electron chi connectivity index (χ3n) is 4.59. The van der Waals surface area contributed by atoms with Crippen LogP contribution in [0.1, 0.15) is 11.1 Å². The van der Waals surface area contributed by atoms with Crippen molar-refractivity contribution in [3.63, 3.8) is 0 Å². The summed E-state index contributed by atoms with van der Waals surface area (Å²) in [5.74, 6) is 2.57. The minimum Gasteiger partial charge on any atom is -0.488 e. The Morgan fingerprint density at radius 1 is 1.07 bits per heavy atom. The number of benzene rings is 3. The quantitative estimate of drug-likeness (QED) is 0.341. The van der Waals surface area contributed by atoms with Crippen LogP contribution in [0.15, 0.2) is 70.0 Å². The van der Waals surface area contributed by atoms with E-state index < -0.39 is 0 Å². The number of thioether (sulfide) groups is 1. The molecule has 3 aromatic carbocycles. The Labute approximate surface area is 187 Å². The number of nitrogens with zero attached hydrogens (tertiary/aromatic N) is 1. The normalized spacial score (nSPS) is 15.1. The zero-order chi connectivity index (χ0) is 21.1. The molecule has 6 heteroatoms. The van der Waals surface area contributed by atoms with Crippen LogP contribution in [0.4, 0.5) is 4.79 Å². The Kier molecular flexibility index (Phi) is 5.93. The summed E-state index contributed by atoms with van der Waals surface area (Å²) in [7, 11) is 0. The van der Waals surface area contributed by atoms with Gasteiger partial charge in [-0.2, -0.15) is 0 Å². The van der Waals surface area contributed by atoms with Crippen molar-refractivity contribution >= 4 is 55.7 Å². The van der Waals surface area contributed by atoms with E-state index in [2.05, 4.69) is 46.1 Å². The number of fused-ring (bicyclic) bond motifs is 1. The number of carbonyl (C=O) groups excluding carboxylic acids is 2. The van der Waals surface area contributed by atoms with E-state index in [1.165, 1.54) is 5.39 Å². The molecule has 0 atom stereocenters. The number of amides is 2. The molecular formula is C24H16BrNO3S. The van der Waals surface area contributed by atoms with Crippen molar-refractivity contribution < 1.29 is 14.3 Å². The molecule has 1 aliphatic heterocycles. The van der Waals surface area contributed by atoms with Crippen molar-refractivity contribution in [3.8, 4) is 18.1 Å². The molecule has 0 radical (unpaired) electrons. The average molecular weight is 478 g/mol. The maximum Gasteiger partial charge on any atom is 0.294 e. The fourth-order valence-electron chi connectivity index (χ4n) is 3.12. The van der Waals surface area contributed by atoms with Gasteiger partial charge in [0.15, 0.2) is 0 Å². The van der Waals surface area contributed by atoms with E-state index in [-0.39, 0.29) is 17.7 Å². The van der Waals surface area contributed by atoms with Crippen molar-refractivity contribution in [2.24, 2.45) is 0 Å². The van der Waals surface area contributed by atoms with Crippen LogP contribution in [0.5, 0.6) is 5.75 Å². The zero-order valence-electron chi connectivity index (χ0n) is 15.8. The Morgan fingerprint density at radius 3 is 2.67 bits per heavy atom. The van der Waals surface area contributed by atoms with Gasteiger partial charge in [0.2, 0.25) is 0 Å². The second kappa shape index (κ2) is 8.78. The summed E-state index contributed by atoms with van der Waals surface area (Å²) in [5.41, 5.74) is 1.74.